The minimum atomic E-state index is -1.18. The van der Waals surface area contributed by atoms with Crippen LogP contribution in [-0.2, 0) is 9.57 Å². The average molecular weight is 427 g/mol. The molecule has 0 unspecified atom stereocenters. The van der Waals surface area contributed by atoms with Crippen LogP contribution in [0, 0.1) is 11.3 Å². The van der Waals surface area contributed by atoms with Crippen LogP contribution in [0.1, 0.15) is 43.1 Å². The van der Waals surface area contributed by atoms with E-state index in [1.807, 2.05) is 0 Å². The Morgan fingerprint density at radius 3 is 2.87 bits per heavy atom. The van der Waals surface area contributed by atoms with Gasteiger partial charge < -0.3 is 20.3 Å². The number of ether oxygens (including phenoxy) is 2. The number of aliphatic hydroxyl groups is 1. The number of carbonyl (C=O) groups excluding carboxylic acids is 1. The van der Waals surface area contributed by atoms with Gasteiger partial charge in [0.25, 0.3) is 5.91 Å². The van der Waals surface area contributed by atoms with Crippen LogP contribution in [0.2, 0.25) is 0 Å². The highest BCUT2D eigenvalue weighted by Crippen LogP contribution is 2.28. The molecule has 10 heteroatoms. The van der Waals surface area contributed by atoms with Gasteiger partial charge in [-0.15, -0.1) is 0 Å². The number of benzene rings is 1. The summed E-state index contributed by atoms with van der Waals surface area (Å²) in [6, 6.07) is 8.76. The summed E-state index contributed by atoms with van der Waals surface area (Å²) in [7, 11) is 0. The normalized spacial score (nSPS) is 17.1. The molecule has 10 nitrogen and oxygen atoms in total. The summed E-state index contributed by atoms with van der Waals surface area (Å²) in [6.45, 7) is 5.62. The zero-order valence-electron chi connectivity index (χ0n) is 17.6. The molecule has 2 heterocycles. The highest BCUT2D eigenvalue weighted by molar-refractivity contribution is 6.00. The van der Waals surface area contributed by atoms with Gasteiger partial charge in [0.1, 0.15) is 23.6 Å². The van der Waals surface area contributed by atoms with Crippen molar-refractivity contribution >= 4 is 11.7 Å². The summed E-state index contributed by atoms with van der Waals surface area (Å²) in [5.74, 6) is -0.624. The summed E-state index contributed by atoms with van der Waals surface area (Å²) in [6.07, 6.45) is -0.356. The molecule has 164 valence electrons. The Labute approximate surface area is 179 Å². The standard InChI is InChI=1S/C21H25N5O5/c1-12(21(2,3)28)31-26-19(27)16-17(23)24-18(14-6-4-5-13(9-14)10-22)25-20(16)30-15-7-8-29-11-15/h4-6,9,12,15,28H,7-8,11H2,1-3H3,(H,26,27)(H2,23,24,25)/t12-,15+/m1/s1. The number of rotatable bonds is 7. The first-order chi connectivity index (χ1) is 14.7. The Morgan fingerprint density at radius 1 is 1.45 bits per heavy atom. The van der Waals surface area contributed by atoms with Crippen LogP contribution in [0.4, 0.5) is 5.82 Å². The maximum absolute atomic E-state index is 12.8. The Bertz CT molecular complexity index is 993. The van der Waals surface area contributed by atoms with Crippen LogP contribution in [0.5, 0.6) is 5.88 Å². The summed E-state index contributed by atoms with van der Waals surface area (Å²) in [5, 5.41) is 19.1. The van der Waals surface area contributed by atoms with E-state index >= 15 is 0 Å². The van der Waals surface area contributed by atoms with Crippen molar-refractivity contribution in [1.82, 2.24) is 15.4 Å². The van der Waals surface area contributed by atoms with E-state index in [0.29, 0.717) is 30.8 Å². The zero-order chi connectivity index (χ0) is 22.6. The second-order valence-electron chi connectivity index (χ2n) is 7.75. The van der Waals surface area contributed by atoms with Gasteiger partial charge in [-0.3, -0.25) is 9.63 Å². The summed E-state index contributed by atoms with van der Waals surface area (Å²) in [5.41, 5.74) is 8.10. The SMILES string of the molecule is C[C@@H](ONC(=O)c1c(N)nc(-c2cccc(C#N)c2)nc1O[C@H]1CCOC1)C(C)(C)O. The first kappa shape index (κ1) is 22.4. The first-order valence-electron chi connectivity index (χ1n) is 9.80. The lowest BCUT2D eigenvalue weighted by Gasteiger charge is -2.25. The number of anilines is 1. The van der Waals surface area contributed by atoms with E-state index in [-0.39, 0.29) is 29.2 Å². The molecule has 31 heavy (non-hydrogen) atoms. The van der Waals surface area contributed by atoms with E-state index in [1.54, 1.807) is 45.0 Å². The van der Waals surface area contributed by atoms with Crippen LogP contribution in [-0.4, -0.2) is 52.0 Å². The van der Waals surface area contributed by atoms with Crippen molar-refractivity contribution in [2.24, 2.45) is 0 Å². The first-order valence-corrected chi connectivity index (χ1v) is 9.80. The largest absolute Gasteiger partial charge is 0.471 e. The lowest BCUT2D eigenvalue weighted by atomic mass is 10.0. The molecule has 3 rings (SSSR count). The molecule has 1 aliphatic rings. The second-order valence-corrected chi connectivity index (χ2v) is 7.75. The molecule has 0 aliphatic carbocycles. The lowest BCUT2D eigenvalue weighted by Crippen LogP contribution is -2.41. The minimum absolute atomic E-state index is 0.0163. The minimum Gasteiger partial charge on any atom is -0.471 e. The fourth-order valence-corrected chi connectivity index (χ4v) is 2.71. The third-order valence-corrected chi connectivity index (χ3v) is 4.87. The Kier molecular flexibility index (Phi) is 6.70. The smallest absolute Gasteiger partial charge is 0.284 e. The van der Waals surface area contributed by atoms with Gasteiger partial charge in [-0.05, 0) is 32.9 Å². The average Bonchev–Trinajstić information content (AvgIpc) is 3.23. The van der Waals surface area contributed by atoms with Crippen molar-refractivity contribution in [1.29, 1.82) is 5.26 Å². The number of hydrogen-bond acceptors (Lipinski definition) is 9. The molecule has 1 aliphatic heterocycles. The van der Waals surface area contributed by atoms with E-state index in [2.05, 4.69) is 21.5 Å². The van der Waals surface area contributed by atoms with Crippen LogP contribution in [0.25, 0.3) is 11.4 Å². The Morgan fingerprint density at radius 2 is 2.23 bits per heavy atom. The molecule has 1 fully saturated rings. The Hall–Kier alpha value is -3.26. The van der Waals surface area contributed by atoms with Gasteiger partial charge in [-0.25, -0.2) is 10.5 Å². The number of nitrogens with one attached hydrogen (secondary N) is 1. The lowest BCUT2D eigenvalue weighted by molar-refractivity contribution is -0.107. The van der Waals surface area contributed by atoms with E-state index in [4.69, 9.17) is 25.3 Å². The third-order valence-electron chi connectivity index (χ3n) is 4.87. The monoisotopic (exact) mass is 427 g/mol. The zero-order valence-corrected chi connectivity index (χ0v) is 17.6. The fraction of sp³-hybridized carbons (Fsp3) is 0.429. The number of nitrogens with two attached hydrogens (primary N) is 1. The molecule has 2 aromatic rings. The van der Waals surface area contributed by atoms with Gasteiger partial charge in [-0.1, -0.05) is 12.1 Å². The molecule has 1 aromatic carbocycles. The van der Waals surface area contributed by atoms with Crippen molar-refractivity contribution in [3.05, 3.63) is 35.4 Å². The number of hydrogen-bond donors (Lipinski definition) is 3. The molecular weight excluding hydrogens is 402 g/mol. The number of nitrogen functional groups attached to an aromatic ring is 1. The van der Waals surface area contributed by atoms with Gasteiger partial charge >= 0.3 is 0 Å². The number of nitrogens with zero attached hydrogens (tertiary/aromatic N) is 3. The molecule has 0 saturated carbocycles. The van der Waals surface area contributed by atoms with Crippen molar-refractivity contribution in [2.75, 3.05) is 18.9 Å². The maximum Gasteiger partial charge on any atom is 0.284 e. The van der Waals surface area contributed by atoms with Gasteiger partial charge in [0.05, 0.1) is 30.4 Å². The number of nitriles is 1. The number of hydroxylamine groups is 1. The van der Waals surface area contributed by atoms with Crippen molar-refractivity contribution in [3.63, 3.8) is 0 Å². The maximum atomic E-state index is 12.8. The van der Waals surface area contributed by atoms with Crippen molar-refractivity contribution < 1.29 is 24.2 Å². The van der Waals surface area contributed by atoms with Crippen molar-refractivity contribution in [2.45, 2.75) is 45.0 Å². The van der Waals surface area contributed by atoms with Gasteiger partial charge in [0.2, 0.25) is 5.88 Å². The molecule has 1 aromatic heterocycles. The second kappa shape index (κ2) is 9.26. The van der Waals surface area contributed by atoms with Crippen LogP contribution >= 0.6 is 0 Å². The van der Waals surface area contributed by atoms with Crippen molar-refractivity contribution in [3.8, 4) is 23.3 Å². The fourth-order valence-electron chi connectivity index (χ4n) is 2.71. The van der Waals surface area contributed by atoms with E-state index in [1.165, 1.54) is 0 Å². The molecular formula is C21H25N5O5. The molecule has 0 bridgehead atoms. The highest BCUT2D eigenvalue weighted by atomic mass is 16.7. The van der Waals surface area contributed by atoms with Gasteiger partial charge in [-0.2, -0.15) is 10.2 Å². The van der Waals surface area contributed by atoms with Gasteiger partial charge in [0, 0.05) is 12.0 Å². The molecule has 1 amide bonds. The third kappa shape index (κ3) is 5.46. The molecule has 2 atom stereocenters. The number of carbonyl (C=O) groups is 1. The number of aromatic nitrogens is 2. The molecule has 4 N–H and O–H groups in total. The molecule has 0 spiro atoms. The van der Waals surface area contributed by atoms with E-state index < -0.39 is 17.6 Å². The van der Waals surface area contributed by atoms with E-state index in [0.717, 1.165) is 0 Å². The number of amides is 1. The summed E-state index contributed by atoms with van der Waals surface area (Å²) >= 11 is 0. The van der Waals surface area contributed by atoms with Crippen LogP contribution < -0.4 is 16.0 Å². The summed E-state index contributed by atoms with van der Waals surface area (Å²) in [4.78, 5) is 26.7. The molecule has 0 radical (unpaired) electrons. The predicted octanol–water partition coefficient (Wildman–Crippen LogP) is 1.59. The molecule has 1 saturated heterocycles. The summed E-state index contributed by atoms with van der Waals surface area (Å²) < 4.78 is 11.2. The quantitative estimate of drug-likeness (QED) is 0.559. The highest BCUT2D eigenvalue weighted by Gasteiger charge is 2.28. The topological polar surface area (TPSA) is 153 Å². The van der Waals surface area contributed by atoms with Gasteiger partial charge in [0.15, 0.2) is 5.82 Å². The van der Waals surface area contributed by atoms with Crippen LogP contribution in [0.3, 0.4) is 0 Å². The van der Waals surface area contributed by atoms with E-state index in [9.17, 15) is 9.90 Å². The Balaban J connectivity index is 1.95. The van der Waals surface area contributed by atoms with Crippen LogP contribution in [0.15, 0.2) is 24.3 Å². The predicted molar refractivity (Wildman–Crippen MR) is 111 cm³/mol.